The average molecular weight is 487 g/mol. The van der Waals surface area contributed by atoms with Gasteiger partial charge in [0, 0.05) is 13.1 Å². The Morgan fingerprint density at radius 2 is 1.71 bits per heavy atom. The maximum atomic E-state index is 13.1. The van der Waals surface area contributed by atoms with Gasteiger partial charge in [0.2, 0.25) is 10.0 Å². The zero-order valence-electron chi connectivity index (χ0n) is 17.1. The molecular weight excluding hydrogens is 463 g/mol. The number of nitrogens with zero attached hydrogens (tertiary/aromatic N) is 1. The van der Waals surface area contributed by atoms with Gasteiger partial charge in [-0.05, 0) is 43.2 Å². The van der Waals surface area contributed by atoms with Crippen LogP contribution in [0, 0.1) is 0 Å². The summed E-state index contributed by atoms with van der Waals surface area (Å²) < 4.78 is 38.4. The van der Waals surface area contributed by atoms with Gasteiger partial charge in [0.25, 0.3) is 5.91 Å². The highest BCUT2D eigenvalue weighted by molar-refractivity contribution is 7.89. The van der Waals surface area contributed by atoms with Crippen LogP contribution in [0.15, 0.2) is 41.3 Å². The van der Waals surface area contributed by atoms with Gasteiger partial charge in [0.1, 0.15) is 5.75 Å². The standard InChI is InChI=1S/C21H24Cl2N2O5S/c1-29-19-10-9-15(31(27,28)25-11-4-2-3-5-12-25)13-18(19)24-20(26)14-30-21-16(22)7-6-8-17(21)23/h6-10,13H,2-5,11-12,14H2,1H3,(H,24,26). The van der Waals surface area contributed by atoms with Crippen LogP contribution in [-0.2, 0) is 14.8 Å². The number of amides is 1. The van der Waals surface area contributed by atoms with E-state index in [1.165, 1.54) is 29.6 Å². The van der Waals surface area contributed by atoms with Crippen molar-refractivity contribution in [3.8, 4) is 11.5 Å². The Morgan fingerprint density at radius 3 is 2.32 bits per heavy atom. The summed E-state index contributed by atoms with van der Waals surface area (Å²) in [5, 5.41) is 3.20. The van der Waals surface area contributed by atoms with Crippen molar-refractivity contribution in [3.05, 3.63) is 46.4 Å². The van der Waals surface area contributed by atoms with Gasteiger partial charge in [0.05, 0.1) is 27.7 Å². The number of halogens is 2. The predicted octanol–water partition coefficient (Wildman–Crippen LogP) is 4.58. The molecule has 0 aromatic heterocycles. The molecule has 10 heteroatoms. The van der Waals surface area contributed by atoms with Crippen molar-refractivity contribution in [2.45, 2.75) is 30.6 Å². The van der Waals surface area contributed by atoms with Crippen molar-refractivity contribution in [2.75, 3.05) is 32.1 Å². The summed E-state index contributed by atoms with van der Waals surface area (Å²) >= 11 is 12.1. The molecule has 0 unspecified atom stereocenters. The fourth-order valence-corrected chi connectivity index (χ4v) is 5.37. The van der Waals surface area contributed by atoms with Gasteiger partial charge in [-0.25, -0.2) is 8.42 Å². The molecule has 1 heterocycles. The second-order valence-electron chi connectivity index (χ2n) is 7.07. The molecule has 1 amide bonds. The Balaban J connectivity index is 1.76. The number of ether oxygens (including phenoxy) is 2. The lowest BCUT2D eigenvalue weighted by Crippen LogP contribution is -2.32. The van der Waals surface area contributed by atoms with Crippen LogP contribution in [0.3, 0.4) is 0 Å². The van der Waals surface area contributed by atoms with Crippen LogP contribution in [0.1, 0.15) is 25.7 Å². The molecule has 0 atom stereocenters. The van der Waals surface area contributed by atoms with E-state index in [1.807, 2.05) is 0 Å². The molecule has 2 aromatic carbocycles. The highest BCUT2D eigenvalue weighted by Gasteiger charge is 2.26. The molecule has 0 spiro atoms. The molecule has 1 N–H and O–H groups in total. The third-order valence-electron chi connectivity index (χ3n) is 4.91. The summed E-state index contributed by atoms with van der Waals surface area (Å²) in [7, 11) is -2.24. The van der Waals surface area contributed by atoms with Gasteiger partial charge in [-0.3, -0.25) is 4.79 Å². The van der Waals surface area contributed by atoms with Crippen LogP contribution in [0.25, 0.3) is 0 Å². The molecule has 3 rings (SSSR count). The quantitative estimate of drug-likeness (QED) is 0.618. The van der Waals surface area contributed by atoms with E-state index in [4.69, 9.17) is 32.7 Å². The minimum absolute atomic E-state index is 0.0977. The Labute approximate surface area is 192 Å². The van der Waals surface area contributed by atoms with Crippen LogP contribution < -0.4 is 14.8 Å². The summed E-state index contributed by atoms with van der Waals surface area (Å²) in [6, 6.07) is 9.26. The van der Waals surface area contributed by atoms with E-state index < -0.39 is 15.9 Å². The number of hydrogen-bond acceptors (Lipinski definition) is 5. The number of carbonyl (C=O) groups excluding carboxylic acids is 1. The zero-order valence-corrected chi connectivity index (χ0v) is 19.4. The van der Waals surface area contributed by atoms with Crippen molar-refractivity contribution < 1.29 is 22.7 Å². The van der Waals surface area contributed by atoms with Crippen LogP contribution in [0.4, 0.5) is 5.69 Å². The monoisotopic (exact) mass is 486 g/mol. The van der Waals surface area contributed by atoms with Gasteiger partial charge in [-0.1, -0.05) is 42.1 Å². The maximum Gasteiger partial charge on any atom is 0.262 e. The molecule has 168 valence electrons. The molecule has 7 nitrogen and oxygen atoms in total. The smallest absolute Gasteiger partial charge is 0.262 e. The number of benzene rings is 2. The predicted molar refractivity (Wildman–Crippen MR) is 121 cm³/mol. The first-order chi connectivity index (χ1) is 14.8. The molecular formula is C21H24Cl2N2O5S. The first kappa shape index (κ1) is 23.7. The molecule has 1 aliphatic heterocycles. The summed E-state index contributed by atoms with van der Waals surface area (Å²) in [5.74, 6) is 0.0167. The molecule has 0 saturated carbocycles. The molecule has 2 aromatic rings. The molecule has 1 saturated heterocycles. The van der Waals surface area contributed by atoms with Crippen LogP contribution in [0.2, 0.25) is 10.0 Å². The lowest BCUT2D eigenvalue weighted by Gasteiger charge is -2.21. The molecule has 1 aliphatic rings. The first-order valence-corrected chi connectivity index (χ1v) is 12.1. The van der Waals surface area contributed by atoms with Gasteiger partial charge in [-0.15, -0.1) is 0 Å². The van der Waals surface area contributed by atoms with E-state index in [-0.39, 0.29) is 33.0 Å². The lowest BCUT2D eigenvalue weighted by atomic mass is 10.2. The summed E-state index contributed by atoms with van der Waals surface area (Å²) in [5.41, 5.74) is 0.234. The molecule has 1 fully saturated rings. The number of methoxy groups -OCH3 is 1. The second-order valence-corrected chi connectivity index (χ2v) is 9.82. The number of para-hydroxylation sites is 1. The molecule has 0 radical (unpaired) electrons. The maximum absolute atomic E-state index is 13.1. The van der Waals surface area contributed by atoms with Crippen LogP contribution >= 0.6 is 23.2 Å². The Morgan fingerprint density at radius 1 is 1.06 bits per heavy atom. The van der Waals surface area contributed by atoms with Crippen molar-refractivity contribution in [3.63, 3.8) is 0 Å². The number of carbonyl (C=O) groups is 1. The highest BCUT2D eigenvalue weighted by Crippen LogP contribution is 2.33. The minimum Gasteiger partial charge on any atom is -0.495 e. The zero-order chi connectivity index (χ0) is 22.4. The molecule has 31 heavy (non-hydrogen) atoms. The first-order valence-electron chi connectivity index (χ1n) is 9.88. The van der Waals surface area contributed by atoms with E-state index in [9.17, 15) is 13.2 Å². The van der Waals surface area contributed by atoms with Crippen LogP contribution in [0.5, 0.6) is 11.5 Å². The number of anilines is 1. The fraction of sp³-hybridized carbons (Fsp3) is 0.381. The fourth-order valence-electron chi connectivity index (χ4n) is 3.32. The normalized spacial score (nSPS) is 15.2. The minimum atomic E-state index is -3.67. The van der Waals surface area contributed by atoms with E-state index in [0.717, 1.165) is 25.7 Å². The van der Waals surface area contributed by atoms with Gasteiger partial charge in [-0.2, -0.15) is 4.31 Å². The average Bonchev–Trinajstić information content (AvgIpc) is 3.03. The number of rotatable bonds is 7. The highest BCUT2D eigenvalue weighted by atomic mass is 35.5. The Hall–Kier alpha value is -2.00. The topological polar surface area (TPSA) is 84.9 Å². The molecule has 0 bridgehead atoms. The van der Waals surface area contributed by atoms with Gasteiger partial charge in [0.15, 0.2) is 12.4 Å². The van der Waals surface area contributed by atoms with Gasteiger partial charge < -0.3 is 14.8 Å². The summed E-state index contributed by atoms with van der Waals surface area (Å²) in [6.45, 7) is 0.612. The Kier molecular flexibility index (Phi) is 8.05. The lowest BCUT2D eigenvalue weighted by molar-refractivity contribution is -0.118. The number of hydrogen-bond donors (Lipinski definition) is 1. The largest absolute Gasteiger partial charge is 0.495 e. The molecule has 0 aliphatic carbocycles. The van der Waals surface area contributed by atoms with Crippen LogP contribution in [-0.4, -0.2) is 45.4 Å². The van der Waals surface area contributed by atoms with Gasteiger partial charge >= 0.3 is 0 Å². The van der Waals surface area contributed by atoms with Crippen molar-refractivity contribution in [1.29, 1.82) is 0 Å². The van der Waals surface area contributed by atoms with Crippen molar-refractivity contribution in [2.24, 2.45) is 0 Å². The van der Waals surface area contributed by atoms with Crippen molar-refractivity contribution >= 4 is 44.8 Å². The van der Waals surface area contributed by atoms with E-state index >= 15 is 0 Å². The number of sulfonamides is 1. The summed E-state index contributed by atoms with van der Waals surface area (Å²) in [4.78, 5) is 12.5. The third kappa shape index (κ3) is 5.83. The summed E-state index contributed by atoms with van der Waals surface area (Å²) in [6.07, 6.45) is 3.71. The number of nitrogens with one attached hydrogen (secondary N) is 1. The Bertz CT molecular complexity index is 1020. The van der Waals surface area contributed by atoms with Crippen molar-refractivity contribution in [1.82, 2.24) is 4.31 Å². The SMILES string of the molecule is COc1ccc(S(=O)(=O)N2CCCCCC2)cc1NC(=O)COc1c(Cl)cccc1Cl. The van der Waals surface area contributed by atoms with E-state index in [1.54, 1.807) is 18.2 Å². The van der Waals surface area contributed by atoms with E-state index in [0.29, 0.717) is 18.8 Å². The second kappa shape index (κ2) is 10.5. The third-order valence-corrected chi connectivity index (χ3v) is 7.40. The van der Waals surface area contributed by atoms with E-state index in [2.05, 4.69) is 5.32 Å².